The van der Waals surface area contributed by atoms with Crippen LogP contribution in [-0.2, 0) is 16.6 Å². The van der Waals surface area contributed by atoms with Crippen molar-refractivity contribution >= 4 is 21.6 Å². The highest BCUT2D eigenvalue weighted by Gasteiger charge is 2.16. The molecule has 7 heteroatoms. The SMILES string of the molecule is COc1cc(S(=O)(=O)NCc2ccccc2Cl)ccc1F. The highest BCUT2D eigenvalue weighted by Crippen LogP contribution is 2.22. The van der Waals surface area contributed by atoms with Crippen molar-refractivity contribution in [3.8, 4) is 5.75 Å². The Bertz CT molecular complexity index is 750. The predicted molar refractivity (Wildman–Crippen MR) is 78.4 cm³/mol. The second-order valence-electron chi connectivity index (χ2n) is 4.21. The number of methoxy groups -OCH3 is 1. The van der Waals surface area contributed by atoms with Crippen molar-refractivity contribution in [3.05, 3.63) is 58.9 Å². The molecule has 0 aromatic heterocycles. The van der Waals surface area contributed by atoms with E-state index in [9.17, 15) is 12.8 Å². The Morgan fingerprint density at radius 3 is 2.62 bits per heavy atom. The van der Waals surface area contributed by atoms with Crippen molar-refractivity contribution in [1.29, 1.82) is 0 Å². The molecular weight excluding hydrogens is 317 g/mol. The van der Waals surface area contributed by atoms with Crippen molar-refractivity contribution in [2.75, 3.05) is 7.11 Å². The van der Waals surface area contributed by atoms with Gasteiger partial charge in [0.1, 0.15) is 0 Å². The summed E-state index contributed by atoms with van der Waals surface area (Å²) < 4.78 is 44.8. The molecule has 0 aliphatic heterocycles. The molecule has 0 radical (unpaired) electrons. The van der Waals surface area contributed by atoms with Gasteiger partial charge in [-0.1, -0.05) is 29.8 Å². The maximum absolute atomic E-state index is 13.3. The fraction of sp³-hybridized carbons (Fsp3) is 0.143. The lowest BCUT2D eigenvalue weighted by atomic mass is 10.2. The second kappa shape index (κ2) is 6.43. The fourth-order valence-electron chi connectivity index (χ4n) is 1.71. The molecule has 0 atom stereocenters. The monoisotopic (exact) mass is 329 g/mol. The minimum Gasteiger partial charge on any atom is -0.494 e. The van der Waals surface area contributed by atoms with Gasteiger partial charge >= 0.3 is 0 Å². The zero-order chi connectivity index (χ0) is 15.5. The Hall–Kier alpha value is -1.63. The average molecular weight is 330 g/mol. The molecule has 0 saturated heterocycles. The quantitative estimate of drug-likeness (QED) is 0.917. The third kappa shape index (κ3) is 3.72. The molecule has 0 aliphatic carbocycles. The van der Waals surface area contributed by atoms with Crippen LogP contribution in [0.5, 0.6) is 5.75 Å². The molecule has 0 saturated carbocycles. The summed E-state index contributed by atoms with van der Waals surface area (Å²) in [5.41, 5.74) is 0.650. The lowest BCUT2D eigenvalue weighted by Crippen LogP contribution is -2.23. The molecule has 2 rings (SSSR count). The van der Waals surface area contributed by atoms with Crippen LogP contribution in [0, 0.1) is 5.82 Å². The van der Waals surface area contributed by atoms with Gasteiger partial charge < -0.3 is 4.74 Å². The van der Waals surface area contributed by atoms with E-state index < -0.39 is 15.8 Å². The molecule has 0 unspecified atom stereocenters. The van der Waals surface area contributed by atoms with Crippen LogP contribution >= 0.6 is 11.6 Å². The first-order chi connectivity index (χ1) is 9.94. The van der Waals surface area contributed by atoms with Crippen LogP contribution in [0.25, 0.3) is 0 Å². The summed E-state index contributed by atoms with van der Waals surface area (Å²) in [6.45, 7) is 0.0434. The first-order valence-corrected chi connectivity index (χ1v) is 7.87. The van der Waals surface area contributed by atoms with Gasteiger partial charge in [-0.25, -0.2) is 17.5 Å². The molecule has 1 N–H and O–H groups in total. The van der Waals surface area contributed by atoms with Crippen LogP contribution < -0.4 is 9.46 Å². The average Bonchev–Trinajstić information content (AvgIpc) is 2.46. The summed E-state index contributed by atoms with van der Waals surface area (Å²) in [6, 6.07) is 10.3. The van der Waals surface area contributed by atoms with Gasteiger partial charge in [0.2, 0.25) is 10.0 Å². The minimum absolute atomic E-state index is 0.0434. The Morgan fingerprint density at radius 2 is 1.95 bits per heavy atom. The van der Waals surface area contributed by atoms with E-state index in [1.165, 1.54) is 13.2 Å². The largest absolute Gasteiger partial charge is 0.494 e. The van der Waals surface area contributed by atoms with Crippen LogP contribution in [0.1, 0.15) is 5.56 Å². The van der Waals surface area contributed by atoms with Gasteiger partial charge in [0.25, 0.3) is 0 Å². The summed E-state index contributed by atoms with van der Waals surface area (Å²) in [4.78, 5) is -0.0761. The molecule has 2 aromatic carbocycles. The molecular formula is C14H13ClFNO3S. The summed E-state index contributed by atoms with van der Waals surface area (Å²) in [5, 5.41) is 0.469. The number of benzene rings is 2. The van der Waals surface area contributed by atoms with Gasteiger partial charge in [0.05, 0.1) is 12.0 Å². The van der Waals surface area contributed by atoms with Crippen molar-refractivity contribution < 1.29 is 17.5 Å². The minimum atomic E-state index is -3.78. The van der Waals surface area contributed by atoms with Crippen molar-refractivity contribution in [3.63, 3.8) is 0 Å². The van der Waals surface area contributed by atoms with E-state index in [2.05, 4.69) is 4.72 Å². The smallest absolute Gasteiger partial charge is 0.241 e. The molecule has 4 nitrogen and oxygen atoms in total. The predicted octanol–water partition coefficient (Wildman–Crippen LogP) is 2.97. The zero-order valence-corrected chi connectivity index (χ0v) is 12.7. The highest BCUT2D eigenvalue weighted by molar-refractivity contribution is 7.89. The first-order valence-electron chi connectivity index (χ1n) is 6.00. The highest BCUT2D eigenvalue weighted by atomic mass is 35.5. The van der Waals surface area contributed by atoms with Gasteiger partial charge in [0, 0.05) is 17.6 Å². The molecule has 21 heavy (non-hydrogen) atoms. The van der Waals surface area contributed by atoms with E-state index in [1.54, 1.807) is 24.3 Å². The van der Waals surface area contributed by atoms with Crippen LogP contribution in [0.4, 0.5) is 4.39 Å². The lowest BCUT2D eigenvalue weighted by molar-refractivity contribution is 0.385. The summed E-state index contributed by atoms with van der Waals surface area (Å²) in [6.07, 6.45) is 0. The maximum atomic E-state index is 13.3. The summed E-state index contributed by atoms with van der Waals surface area (Å²) in [5.74, 6) is -0.752. The van der Waals surface area contributed by atoms with E-state index >= 15 is 0 Å². The van der Waals surface area contributed by atoms with Crippen LogP contribution in [0.15, 0.2) is 47.4 Å². The van der Waals surface area contributed by atoms with E-state index in [-0.39, 0.29) is 17.2 Å². The van der Waals surface area contributed by atoms with Crippen LogP contribution in [0.3, 0.4) is 0 Å². The Balaban J connectivity index is 2.21. The Kier molecular flexibility index (Phi) is 4.82. The lowest BCUT2D eigenvalue weighted by Gasteiger charge is -2.09. The van der Waals surface area contributed by atoms with Gasteiger partial charge in [-0.15, -0.1) is 0 Å². The van der Waals surface area contributed by atoms with E-state index in [0.717, 1.165) is 12.1 Å². The fourth-order valence-corrected chi connectivity index (χ4v) is 2.93. The number of rotatable bonds is 5. The van der Waals surface area contributed by atoms with Crippen molar-refractivity contribution in [1.82, 2.24) is 4.72 Å². The van der Waals surface area contributed by atoms with Crippen molar-refractivity contribution in [2.45, 2.75) is 11.4 Å². The van der Waals surface area contributed by atoms with Gasteiger partial charge in [0.15, 0.2) is 11.6 Å². The number of hydrogen-bond donors (Lipinski definition) is 1. The van der Waals surface area contributed by atoms with E-state index in [0.29, 0.717) is 10.6 Å². The van der Waals surface area contributed by atoms with Gasteiger partial charge in [-0.05, 0) is 23.8 Å². The molecule has 0 aliphatic rings. The number of halogens is 2. The molecule has 0 heterocycles. The number of nitrogens with one attached hydrogen (secondary N) is 1. The first kappa shape index (κ1) is 15.8. The van der Waals surface area contributed by atoms with Crippen LogP contribution in [0.2, 0.25) is 5.02 Å². The Morgan fingerprint density at radius 1 is 1.24 bits per heavy atom. The number of hydrogen-bond acceptors (Lipinski definition) is 3. The molecule has 0 fully saturated rings. The molecule has 0 bridgehead atoms. The third-order valence-electron chi connectivity index (χ3n) is 2.84. The molecule has 0 spiro atoms. The maximum Gasteiger partial charge on any atom is 0.241 e. The second-order valence-corrected chi connectivity index (χ2v) is 6.39. The molecule has 2 aromatic rings. The van der Waals surface area contributed by atoms with Crippen LogP contribution in [-0.4, -0.2) is 15.5 Å². The van der Waals surface area contributed by atoms with Gasteiger partial charge in [-0.3, -0.25) is 0 Å². The summed E-state index contributed by atoms with van der Waals surface area (Å²) in [7, 11) is -2.51. The molecule has 0 amide bonds. The number of ether oxygens (including phenoxy) is 1. The van der Waals surface area contributed by atoms with Gasteiger partial charge in [-0.2, -0.15) is 0 Å². The standard InChI is InChI=1S/C14H13ClFNO3S/c1-20-14-8-11(6-7-13(14)16)21(18,19)17-9-10-4-2-3-5-12(10)15/h2-8,17H,9H2,1H3. The molecule has 112 valence electrons. The normalized spacial score (nSPS) is 11.4. The summed E-state index contributed by atoms with van der Waals surface area (Å²) >= 11 is 5.96. The Labute approximate surface area is 127 Å². The van der Waals surface area contributed by atoms with E-state index in [1.807, 2.05) is 0 Å². The zero-order valence-electron chi connectivity index (χ0n) is 11.1. The third-order valence-corrected chi connectivity index (χ3v) is 4.61. The van der Waals surface area contributed by atoms with Crippen molar-refractivity contribution in [2.24, 2.45) is 0 Å². The topological polar surface area (TPSA) is 55.4 Å². The number of sulfonamides is 1. The van der Waals surface area contributed by atoms with E-state index in [4.69, 9.17) is 16.3 Å².